The first-order valence-electron chi connectivity index (χ1n) is 8.66. The van der Waals surface area contributed by atoms with Crippen LogP contribution >= 0.6 is 23.1 Å². The van der Waals surface area contributed by atoms with Gasteiger partial charge in [0.2, 0.25) is 16.9 Å². The average Bonchev–Trinajstić information content (AvgIpc) is 3.38. The zero-order chi connectivity index (χ0) is 19.2. The van der Waals surface area contributed by atoms with E-state index in [0.29, 0.717) is 17.5 Å². The standard InChI is InChI=1S/C19H17N5O2S2/c1-2-16-21-22-17(26-16)12-27-19-24-23-18(28-19)20-13-8-10-15(11-9-13)25-14-6-4-3-5-7-14/h3-11H,2,12H2,1H3,(H,20,23). The molecule has 0 spiro atoms. The van der Waals surface area contributed by atoms with Gasteiger partial charge in [0.25, 0.3) is 0 Å². The SMILES string of the molecule is CCc1nnc(CSc2nnc(Nc3ccc(Oc4ccccc4)cc3)s2)o1. The van der Waals surface area contributed by atoms with Gasteiger partial charge in [0, 0.05) is 12.1 Å². The van der Waals surface area contributed by atoms with Crippen LogP contribution < -0.4 is 10.1 Å². The summed E-state index contributed by atoms with van der Waals surface area (Å²) in [6.07, 6.45) is 0.736. The van der Waals surface area contributed by atoms with Crippen LogP contribution in [0.4, 0.5) is 10.8 Å². The maximum atomic E-state index is 5.80. The van der Waals surface area contributed by atoms with Crippen LogP contribution in [-0.2, 0) is 12.2 Å². The molecule has 0 saturated heterocycles. The second-order valence-corrected chi connectivity index (χ2v) is 7.87. The first kappa shape index (κ1) is 18.5. The Bertz CT molecular complexity index is 1020. The molecule has 28 heavy (non-hydrogen) atoms. The average molecular weight is 412 g/mol. The summed E-state index contributed by atoms with van der Waals surface area (Å²) >= 11 is 3.00. The largest absolute Gasteiger partial charge is 0.457 e. The topological polar surface area (TPSA) is 86.0 Å². The van der Waals surface area contributed by atoms with Gasteiger partial charge >= 0.3 is 0 Å². The number of hydrogen-bond donors (Lipinski definition) is 1. The molecule has 0 bridgehead atoms. The van der Waals surface area contributed by atoms with Gasteiger partial charge in [-0.1, -0.05) is 48.2 Å². The molecule has 0 amide bonds. The molecule has 0 radical (unpaired) electrons. The molecule has 9 heteroatoms. The van der Waals surface area contributed by atoms with Gasteiger partial charge in [-0.15, -0.1) is 20.4 Å². The number of benzene rings is 2. The molecule has 2 aromatic carbocycles. The fourth-order valence-corrected chi connectivity index (χ4v) is 3.90. The highest BCUT2D eigenvalue weighted by Gasteiger charge is 2.09. The Morgan fingerprint density at radius 1 is 0.929 bits per heavy atom. The molecule has 0 atom stereocenters. The van der Waals surface area contributed by atoms with Crippen LogP contribution in [0.15, 0.2) is 63.4 Å². The lowest BCUT2D eigenvalue weighted by Gasteiger charge is -2.06. The van der Waals surface area contributed by atoms with Gasteiger partial charge in [0.05, 0.1) is 5.75 Å². The van der Waals surface area contributed by atoms with Gasteiger partial charge in [-0.05, 0) is 36.4 Å². The quantitative estimate of drug-likeness (QED) is 0.390. The predicted octanol–water partition coefficient (Wildman–Crippen LogP) is 5.31. The minimum absolute atomic E-state index is 0.577. The third-order valence-electron chi connectivity index (χ3n) is 3.62. The van der Waals surface area contributed by atoms with Crippen molar-refractivity contribution in [3.8, 4) is 11.5 Å². The van der Waals surface area contributed by atoms with E-state index in [1.54, 1.807) is 0 Å². The molecule has 0 unspecified atom stereocenters. The lowest BCUT2D eigenvalue weighted by atomic mass is 10.3. The van der Waals surface area contributed by atoms with Crippen molar-refractivity contribution in [3.63, 3.8) is 0 Å². The van der Waals surface area contributed by atoms with Gasteiger partial charge in [-0.2, -0.15) is 0 Å². The molecule has 4 aromatic rings. The Kier molecular flexibility index (Phi) is 5.83. The predicted molar refractivity (Wildman–Crippen MR) is 109 cm³/mol. The molecule has 0 saturated carbocycles. The van der Waals surface area contributed by atoms with Crippen molar-refractivity contribution < 1.29 is 9.15 Å². The molecular weight excluding hydrogens is 394 g/mol. The first-order chi connectivity index (χ1) is 13.8. The highest BCUT2D eigenvalue weighted by atomic mass is 32.2. The lowest BCUT2D eigenvalue weighted by molar-refractivity contribution is 0.470. The molecule has 0 aliphatic carbocycles. The smallest absolute Gasteiger partial charge is 0.226 e. The molecular formula is C19H17N5O2S2. The summed E-state index contributed by atoms with van der Waals surface area (Å²) in [6.45, 7) is 1.98. The Morgan fingerprint density at radius 3 is 2.43 bits per heavy atom. The minimum Gasteiger partial charge on any atom is -0.457 e. The summed E-state index contributed by atoms with van der Waals surface area (Å²) in [5.41, 5.74) is 0.914. The van der Waals surface area contributed by atoms with Crippen molar-refractivity contribution in [2.24, 2.45) is 0 Å². The van der Waals surface area contributed by atoms with Gasteiger partial charge in [0.15, 0.2) is 4.34 Å². The van der Waals surface area contributed by atoms with E-state index >= 15 is 0 Å². The van der Waals surface area contributed by atoms with Crippen molar-refractivity contribution in [1.29, 1.82) is 0 Å². The van der Waals surface area contributed by atoms with Crippen molar-refractivity contribution in [2.45, 2.75) is 23.4 Å². The van der Waals surface area contributed by atoms with Crippen LogP contribution in [0.2, 0.25) is 0 Å². The Labute approximate surface area is 170 Å². The number of nitrogens with zero attached hydrogens (tertiary/aromatic N) is 4. The highest BCUT2D eigenvalue weighted by Crippen LogP contribution is 2.30. The molecule has 0 fully saturated rings. The second-order valence-electron chi connectivity index (χ2n) is 5.67. The highest BCUT2D eigenvalue weighted by molar-refractivity contribution is 8.00. The number of hydrogen-bond acceptors (Lipinski definition) is 9. The van der Waals surface area contributed by atoms with E-state index in [0.717, 1.165) is 33.1 Å². The van der Waals surface area contributed by atoms with Crippen LogP contribution in [0.5, 0.6) is 11.5 Å². The van der Waals surface area contributed by atoms with Gasteiger partial charge in [0.1, 0.15) is 11.5 Å². The summed E-state index contributed by atoms with van der Waals surface area (Å²) < 4.78 is 12.1. The Balaban J connectivity index is 1.32. The van der Waals surface area contributed by atoms with Crippen LogP contribution in [0.25, 0.3) is 0 Å². The number of para-hydroxylation sites is 1. The molecule has 2 heterocycles. The van der Waals surface area contributed by atoms with Crippen LogP contribution in [-0.4, -0.2) is 20.4 Å². The summed E-state index contributed by atoms with van der Waals surface area (Å²) in [5, 5.41) is 20.3. The number of nitrogens with one attached hydrogen (secondary N) is 1. The lowest BCUT2D eigenvalue weighted by Crippen LogP contribution is -1.90. The number of aromatic nitrogens is 4. The van der Waals surface area contributed by atoms with Crippen LogP contribution in [0.3, 0.4) is 0 Å². The number of thioether (sulfide) groups is 1. The fraction of sp³-hybridized carbons (Fsp3) is 0.158. The van der Waals surface area contributed by atoms with E-state index in [2.05, 4.69) is 25.7 Å². The van der Waals surface area contributed by atoms with Crippen molar-refractivity contribution >= 4 is 33.9 Å². The zero-order valence-corrected chi connectivity index (χ0v) is 16.7. The number of aryl methyl sites for hydroxylation is 1. The fourth-order valence-electron chi connectivity index (χ4n) is 2.29. The Morgan fingerprint density at radius 2 is 1.68 bits per heavy atom. The number of ether oxygens (including phenoxy) is 1. The Hall–Kier alpha value is -2.91. The summed E-state index contributed by atoms with van der Waals surface area (Å²) in [4.78, 5) is 0. The molecule has 4 rings (SSSR count). The first-order valence-corrected chi connectivity index (χ1v) is 10.5. The van der Waals surface area contributed by atoms with E-state index < -0.39 is 0 Å². The van der Waals surface area contributed by atoms with E-state index in [4.69, 9.17) is 9.15 Å². The van der Waals surface area contributed by atoms with Crippen molar-refractivity contribution in [3.05, 3.63) is 66.4 Å². The molecule has 142 valence electrons. The van der Waals surface area contributed by atoms with Gasteiger partial charge in [-0.25, -0.2) is 0 Å². The normalized spacial score (nSPS) is 10.8. The van der Waals surface area contributed by atoms with E-state index in [1.807, 2.05) is 61.5 Å². The number of rotatable bonds is 8. The zero-order valence-electron chi connectivity index (χ0n) is 15.0. The molecule has 2 aromatic heterocycles. The summed E-state index contributed by atoms with van der Waals surface area (Å²) in [5.74, 6) is 3.40. The maximum Gasteiger partial charge on any atom is 0.226 e. The van der Waals surface area contributed by atoms with E-state index in [1.165, 1.54) is 23.1 Å². The minimum atomic E-state index is 0.577. The van der Waals surface area contributed by atoms with E-state index in [9.17, 15) is 0 Å². The third-order valence-corrected chi connectivity index (χ3v) is 5.58. The monoisotopic (exact) mass is 411 g/mol. The van der Waals surface area contributed by atoms with E-state index in [-0.39, 0.29) is 0 Å². The van der Waals surface area contributed by atoms with Gasteiger partial charge in [-0.3, -0.25) is 0 Å². The second kappa shape index (κ2) is 8.85. The number of anilines is 2. The van der Waals surface area contributed by atoms with Crippen LogP contribution in [0.1, 0.15) is 18.7 Å². The summed E-state index contributed by atoms with van der Waals surface area (Å²) in [7, 11) is 0. The molecule has 1 N–H and O–H groups in total. The molecule has 0 aliphatic rings. The van der Waals surface area contributed by atoms with Crippen molar-refractivity contribution in [1.82, 2.24) is 20.4 Å². The molecule has 7 nitrogen and oxygen atoms in total. The third kappa shape index (κ3) is 4.87. The van der Waals surface area contributed by atoms with Crippen molar-refractivity contribution in [2.75, 3.05) is 5.32 Å². The maximum absolute atomic E-state index is 5.80. The molecule has 0 aliphatic heterocycles. The summed E-state index contributed by atoms with van der Waals surface area (Å²) in [6, 6.07) is 17.4. The van der Waals surface area contributed by atoms with Gasteiger partial charge < -0.3 is 14.5 Å². The van der Waals surface area contributed by atoms with Crippen LogP contribution in [0, 0.1) is 0 Å².